The number of hydrogen-bond donors (Lipinski definition) is 1. The molecule has 1 aliphatic heterocycles. The minimum Gasteiger partial charge on any atom is -0.369 e. The van der Waals surface area contributed by atoms with E-state index >= 15 is 0 Å². The summed E-state index contributed by atoms with van der Waals surface area (Å²) in [5.74, 6) is 0.692. The summed E-state index contributed by atoms with van der Waals surface area (Å²) in [5, 5.41) is 7.37. The third-order valence-electron chi connectivity index (χ3n) is 4.40. The van der Waals surface area contributed by atoms with Gasteiger partial charge >= 0.3 is 0 Å². The Bertz CT molecular complexity index is 784. The second kappa shape index (κ2) is 6.84. The predicted molar refractivity (Wildman–Crippen MR) is 95.6 cm³/mol. The molecule has 1 N–H and O–H groups in total. The van der Waals surface area contributed by atoms with Gasteiger partial charge < -0.3 is 15.0 Å². The zero-order valence-corrected chi connectivity index (χ0v) is 15.4. The Balaban J connectivity index is 1.77. The van der Waals surface area contributed by atoms with Crippen LogP contribution in [0.25, 0.3) is 0 Å². The van der Waals surface area contributed by atoms with Crippen molar-refractivity contribution in [2.45, 2.75) is 39.0 Å². The fraction of sp³-hybridized carbons (Fsp3) is 0.500. The molecule has 0 aromatic carbocycles. The van der Waals surface area contributed by atoms with E-state index in [2.05, 4.69) is 15.4 Å². The van der Waals surface area contributed by atoms with Crippen molar-refractivity contribution < 1.29 is 9.53 Å². The molecular weight excluding hydrogens is 318 g/mol. The average Bonchev–Trinajstić information content (AvgIpc) is 2.89. The molecule has 0 aliphatic carbocycles. The summed E-state index contributed by atoms with van der Waals surface area (Å²) < 4.78 is 7.60. The predicted octanol–water partition coefficient (Wildman–Crippen LogP) is 1.83. The highest BCUT2D eigenvalue weighted by Gasteiger charge is 2.31. The number of rotatable bonds is 4. The van der Waals surface area contributed by atoms with Crippen LogP contribution in [0.4, 0.5) is 5.82 Å². The van der Waals surface area contributed by atoms with Gasteiger partial charge in [0.2, 0.25) is 0 Å². The van der Waals surface area contributed by atoms with Gasteiger partial charge in [0.05, 0.1) is 30.1 Å². The van der Waals surface area contributed by atoms with Crippen LogP contribution in [0.3, 0.4) is 0 Å². The summed E-state index contributed by atoms with van der Waals surface area (Å²) in [6.45, 7) is 4.38. The van der Waals surface area contributed by atoms with Gasteiger partial charge in [-0.25, -0.2) is 4.98 Å². The molecule has 0 fully saturated rings. The Morgan fingerprint density at radius 2 is 2.16 bits per heavy atom. The van der Waals surface area contributed by atoms with Crippen molar-refractivity contribution in [1.29, 1.82) is 0 Å². The minimum atomic E-state index is -0.171. The normalized spacial score (nSPS) is 19.4. The van der Waals surface area contributed by atoms with E-state index in [0.29, 0.717) is 18.7 Å². The minimum absolute atomic E-state index is 0.0590. The van der Waals surface area contributed by atoms with Crippen molar-refractivity contribution in [3.8, 4) is 0 Å². The number of amides is 1. The first-order valence-corrected chi connectivity index (χ1v) is 8.49. The Hall–Kier alpha value is -2.41. The van der Waals surface area contributed by atoms with Crippen molar-refractivity contribution in [3.05, 3.63) is 40.8 Å². The Labute approximate surface area is 148 Å². The van der Waals surface area contributed by atoms with Crippen LogP contribution in [-0.4, -0.2) is 40.9 Å². The van der Waals surface area contributed by atoms with Gasteiger partial charge in [-0.1, -0.05) is 6.07 Å². The Morgan fingerprint density at radius 1 is 1.40 bits per heavy atom. The van der Waals surface area contributed by atoms with Crippen LogP contribution in [0.2, 0.25) is 0 Å². The lowest BCUT2D eigenvalue weighted by Crippen LogP contribution is -2.28. The quantitative estimate of drug-likeness (QED) is 0.917. The fourth-order valence-electron chi connectivity index (χ4n) is 3.29. The molecule has 1 aliphatic rings. The maximum atomic E-state index is 12.7. The third-order valence-corrected chi connectivity index (χ3v) is 4.40. The molecule has 3 rings (SSSR count). The van der Waals surface area contributed by atoms with Gasteiger partial charge in [0, 0.05) is 33.1 Å². The van der Waals surface area contributed by atoms with Crippen molar-refractivity contribution in [1.82, 2.24) is 20.1 Å². The van der Waals surface area contributed by atoms with E-state index < -0.39 is 0 Å². The van der Waals surface area contributed by atoms with Crippen LogP contribution in [0.1, 0.15) is 47.4 Å². The topological polar surface area (TPSA) is 72.3 Å². The van der Waals surface area contributed by atoms with Crippen molar-refractivity contribution in [2.75, 3.05) is 19.0 Å². The summed E-state index contributed by atoms with van der Waals surface area (Å²) in [4.78, 5) is 19.1. The highest BCUT2D eigenvalue weighted by Crippen LogP contribution is 2.31. The SMILES string of the molecule is C[C@@H]1Cc2c(C(=O)NCc3cccc(N(C)C)n3)nn(C)c2[C@H](C)O1. The van der Waals surface area contributed by atoms with Crippen LogP contribution >= 0.6 is 0 Å². The van der Waals surface area contributed by atoms with Crippen LogP contribution in [0.5, 0.6) is 0 Å². The molecule has 0 bridgehead atoms. The van der Waals surface area contributed by atoms with Gasteiger partial charge in [0.25, 0.3) is 5.91 Å². The van der Waals surface area contributed by atoms with Crippen LogP contribution in [0, 0.1) is 0 Å². The number of ether oxygens (including phenoxy) is 1. The van der Waals surface area contributed by atoms with Gasteiger partial charge in [0.1, 0.15) is 5.82 Å². The van der Waals surface area contributed by atoms with E-state index in [9.17, 15) is 4.79 Å². The number of nitrogens with one attached hydrogen (secondary N) is 1. The van der Waals surface area contributed by atoms with E-state index in [-0.39, 0.29) is 18.1 Å². The van der Waals surface area contributed by atoms with E-state index in [1.165, 1.54) is 0 Å². The number of aromatic nitrogens is 3. The van der Waals surface area contributed by atoms with E-state index in [4.69, 9.17) is 4.74 Å². The molecule has 2 aromatic heterocycles. The molecule has 1 amide bonds. The smallest absolute Gasteiger partial charge is 0.272 e. The molecule has 3 heterocycles. The first-order chi connectivity index (χ1) is 11.9. The molecular formula is C18H25N5O2. The number of carbonyl (C=O) groups excluding carboxylic acids is 1. The number of pyridine rings is 1. The molecule has 0 radical (unpaired) electrons. The standard InChI is InChI=1S/C18H25N5O2/c1-11-9-14-16(21-23(5)17(14)12(2)25-11)18(24)19-10-13-7-6-8-15(20-13)22(3)4/h6-8,11-12H,9-10H2,1-5H3,(H,19,24)/t11-,12+/m1/s1. The number of hydrogen-bond acceptors (Lipinski definition) is 5. The van der Waals surface area contributed by atoms with Crippen LogP contribution < -0.4 is 10.2 Å². The molecule has 0 saturated heterocycles. The highest BCUT2D eigenvalue weighted by molar-refractivity contribution is 5.94. The number of aryl methyl sites for hydroxylation is 1. The van der Waals surface area contributed by atoms with Crippen molar-refractivity contribution in [3.63, 3.8) is 0 Å². The lowest BCUT2D eigenvalue weighted by molar-refractivity contribution is -0.00903. The van der Waals surface area contributed by atoms with Crippen molar-refractivity contribution in [2.24, 2.45) is 7.05 Å². The highest BCUT2D eigenvalue weighted by atomic mass is 16.5. The molecule has 25 heavy (non-hydrogen) atoms. The van der Waals surface area contributed by atoms with Gasteiger partial charge in [0.15, 0.2) is 5.69 Å². The zero-order chi connectivity index (χ0) is 18.1. The lowest BCUT2D eigenvalue weighted by atomic mass is 9.99. The number of anilines is 1. The monoisotopic (exact) mass is 343 g/mol. The Morgan fingerprint density at radius 3 is 2.88 bits per heavy atom. The zero-order valence-electron chi connectivity index (χ0n) is 15.4. The summed E-state index contributed by atoms with van der Waals surface area (Å²) in [6, 6.07) is 5.77. The summed E-state index contributed by atoms with van der Waals surface area (Å²) in [7, 11) is 5.73. The van der Waals surface area contributed by atoms with Crippen LogP contribution in [0.15, 0.2) is 18.2 Å². The van der Waals surface area contributed by atoms with Crippen molar-refractivity contribution >= 4 is 11.7 Å². The van der Waals surface area contributed by atoms with Gasteiger partial charge in [-0.05, 0) is 26.0 Å². The average molecular weight is 343 g/mol. The molecule has 0 spiro atoms. The molecule has 0 saturated carbocycles. The molecule has 2 aromatic rings. The summed E-state index contributed by atoms with van der Waals surface area (Å²) in [5.41, 5.74) is 3.27. The maximum absolute atomic E-state index is 12.7. The van der Waals surface area contributed by atoms with Gasteiger partial charge in [-0.2, -0.15) is 5.10 Å². The van der Waals surface area contributed by atoms with E-state index in [0.717, 1.165) is 22.8 Å². The van der Waals surface area contributed by atoms with E-state index in [1.54, 1.807) is 4.68 Å². The number of fused-ring (bicyclic) bond motifs is 1. The number of carbonyl (C=O) groups is 1. The molecule has 2 atom stereocenters. The third kappa shape index (κ3) is 3.51. The molecule has 0 unspecified atom stereocenters. The molecule has 7 nitrogen and oxygen atoms in total. The first kappa shape index (κ1) is 17.4. The fourth-order valence-corrected chi connectivity index (χ4v) is 3.29. The molecule has 7 heteroatoms. The number of nitrogens with zero attached hydrogens (tertiary/aromatic N) is 4. The second-order valence-corrected chi connectivity index (χ2v) is 6.69. The van der Waals surface area contributed by atoms with Gasteiger partial charge in [-0.3, -0.25) is 9.48 Å². The lowest BCUT2D eigenvalue weighted by Gasteiger charge is -2.26. The molecule has 134 valence electrons. The maximum Gasteiger partial charge on any atom is 0.272 e. The largest absolute Gasteiger partial charge is 0.369 e. The second-order valence-electron chi connectivity index (χ2n) is 6.69. The van der Waals surface area contributed by atoms with Gasteiger partial charge in [-0.15, -0.1) is 0 Å². The first-order valence-electron chi connectivity index (χ1n) is 8.49. The van der Waals surface area contributed by atoms with Crippen LogP contribution in [-0.2, 0) is 24.8 Å². The summed E-state index contributed by atoms with van der Waals surface area (Å²) in [6.07, 6.45) is 0.720. The van der Waals surface area contributed by atoms with E-state index in [1.807, 2.05) is 58.1 Å². The summed E-state index contributed by atoms with van der Waals surface area (Å²) >= 11 is 0. The Kier molecular flexibility index (Phi) is 4.76.